The minimum Gasteiger partial charge on any atom is -0.299 e. The zero-order valence-corrected chi connectivity index (χ0v) is 10.2. The molecule has 0 aromatic heterocycles. The molecular formula is C12H13IO. The third-order valence-corrected chi connectivity index (χ3v) is 3.55. The molecule has 1 unspecified atom stereocenters. The predicted molar refractivity (Wildman–Crippen MR) is 65.2 cm³/mol. The maximum absolute atomic E-state index is 11.4. The first-order valence-electron chi connectivity index (χ1n) is 5.03. The average molecular weight is 300 g/mol. The van der Waals surface area contributed by atoms with Gasteiger partial charge in [-0.05, 0) is 59.5 Å². The molecule has 0 saturated heterocycles. The first-order chi connectivity index (χ1) is 6.75. The van der Waals surface area contributed by atoms with Gasteiger partial charge in [0.1, 0.15) is 5.78 Å². The van der Waals surface area contributed by atoms with E-state index in [1.54, 1.807) is 0 Å². The Balaban J connectivity index is 2.03. The van der Waals surface area contributed by atoms with Crippen LogP contribution >= 0.6 is 22.6 Å². The lowest BCUT2D eigenvalue weighted by Gasteiger charge is -2.07. The molecule has 1 fully saturated rings. The van der Waals surface area contributed by atoms with Gasteiger partial charge in [0.05, 0.1) is 0 Å². The Hall–Kier alpha value is -0.380. The summed E-state index contributed by atoms with van der Waals surface area (Å²) in [5.74, 6) is 0.763. The normalized spacial score (nSPS) is 21.5. The van der Waals surface area contributed by atoms with Crippen molar-refractivity contribution in [1.82, 2.24) is 0 Å². The van der Waals surface area contributed by atoms with Gasteiger partial charge in [0.25, 0.3) is 0 Å². The van der Waals surface area contributed by atoms with Crippen molar-refractivity contribution in [3.05, 3.63) is 33.4 Å². The lowest BCUT2D eigenvalue weighted by molar-refractivity contribution is -0.120. The van der Waals surface area contributed by atoms with Crippen LogP contribution in [0.3, 0.4) is 0 Å². The van der Waals surface area contributed by atoms with E-state index in [2.05, 4.69) is 46.9 Å². The molecule has 0 N–H and O–H groups in total. The molecule has 0 heterocycles. The number of benzene rings is 1. The zero-order chi connectivity index (χ0) is 9.97. The quantitative estimate of drug-likeness (QED) is 0.767. The minimum atomic E-state index is 0.301. The van der Waals surface area contributed by atoms with Crippen molar-refractivity contribution in [3.63, 3.8) is 0 Å². The number of hydrogen-bond acceptors (Lipinski definition) is 1. The minimum absolute atomic E-state index is 0.301. The second-order valence-electron chi connectivity index (χ2n) is 3.89. The molecule has 0 amide bonds. The van der Waals surface area contributed by atoms with Crippen molar-refractivity contribution < 1.29 is 4.79 Å². The van der Waals surface area contributed by atoms with E-state index in [0.717, 1.165) is 25.7 Å². The van der Waals surface area contributed by atoms with E-state index in [1.165, 1.54) is 9.13 Å². The van der Waals surface area contributed by atoms with Gasteiger partial charge in [-0.25, -0.2) is 0 Å². The summed E-state index contributed by atoms with van der Waals surface area (Å²) in [6.07, 6.45) is 3.92. The second kappa shape index (κ2) is 4.43. The van der Waals surface area contributed by atoms with Crippen molar-refractivity contribution >= 4 is 28.4 Å². The molecule has 0 spiro atoms. The molecule has 2 rings (SSSR count). The van der Waals surface area contributed by atoms with Gasteiger partial charge >= 0.3 is 0 Å². The van der Waals surface area contributed by atoms with Gasteiger partial charge < -0.3 is 0 Å². The topological polar surface area (TPSA) is 17.1 Å². The molecule has 74 valence electrons. The van der Waals surface area contributed by atoms with Gasteiger partial charge in [0.15, 0.2) is 0 Å². The van der Waals surface area contributed by atoms with Crippen LogP contribution in [0.2, 0.25) is 0 Å². The molecule has 1 nitrogen and oxygen atoms in total. The summed E-state index contributed by atoms with van der Waals surface area (Å²) in [5.41, 5.74) is 1.30. The highest BCUT2D eigenvalue weighted by atomic mass is 127. The molecule has 1 atom stereocenters. The molecule has 1 aromatic rings. The first kappa shape index (κ1) is 10.1. The molecule has 0 aliphatic heterocycles. The van der Waals surface area contributed by atoms with Crippen LogP contribution in [0.15, 0.2) is 24.3 Å². The largest absolute Gasteiger partial charge is 0.299 e. The van der Waals surface area contributed by atoms with Gasteiger partial charge in [-0.3, -0.25) is 4.79 Å². The van der Waals surface area contributed by atoms with Crippen molar-refractivity contribution in [3.8, 4) is 0 Å². The number of hydrogen-bond donors (Lipinski definition) is 0. The third kappa shape index (κ3) is 2.35. The van der Waals surface area contributed by atoms with Gasteiger partial charge in [-0.1, -0.05) is 12.1 Å². The molecule has 1 aliphatic carbocycles. The maximum atomic E-state index is 11.4. The monoisotopic (exact) mass is 300 g/mol. The summed E-state index contributed by atoms with van der Waals surface area (Å²) in [5, 5.41) is 0. The average Bonchev–Trinajstić information content (AvgIpc) is 2.56. The van der Waals surface area contributed by atoms with E-state index in [4.69, 9.17) is 0 Å². The van der Waals surface area contributed by atoms with E-state index in [9.17, 15) is 4.79 Å². The highest BCUT2D eigenvalue weighted by molar-refractivity contribution is 14.1. The van der Waals surface area contributed by atoms with Gasteiger partial charge in [-0.2, -0.15) is 0 Å². The summed E-state index contributed by atoms with van der Waals surface area (Å²) in [6, 6.07) is 8.48. The van der Waals surface area contributed by atoms with Gasteiger partial charge in [0.2, 0.25) is 0 Å². The van der Waals surface area contributed by atoms with Crippen LogP contribution in [0, 0.1) is 9.49 Å². The number of rotatable bonds is 2. The zero-order valence-electron chi connectivity index (χ0n) is 8.00. The lowest BCUT2D eigenvalue weighted by Crippen LogP contribution is -2.09. The van der Waals surface area contributed by atoms with E-state index >= 15 is 0 Å². The van der Waals surface area contributed by atoms with Gasteiger partial charge in [-0.15, -0.1) is 0 Å². The number of halogens is 1. The molecule has 1 aliphatic rings. The van der Waals surface area contributed by atoms with Crippen LogP contribution in [0.5, 0.6) is 0 Å². The van der Waals surface area contributed by atoms with Crippen LogP contribution in [-0.4, -0.2) is 5.78 Å². The molecule has 14 heavy (non-hydrogen) atoms. The SMILES string of the molecule is O=C1CCCC1Cc1ccc(I)cc1. The van der Waals surface area contributed by atoms with Crippen LogP contribution < -0.4 is 0 Å². The third-order valence-electron chi connectivity index (χ3n) is 2.83. The summed E-state index contributed by atoms with van der Waals surface area (Å²) < 4.78 is 1.25. The van der Waals surface area contributed by atoms with E-state index in [1.807, 2.05) is 0 Å². The fraction of sp³-hybridized carbons (Fsp3) is 0.417. The maximum Gasteiger partial charge on any atom is 0.136 e. The Morgan fingerprint density at radius 2 is 2.00 bits per heavy atom. The molecule has 2 heteroatoms. The second-order valence-corrected chi connectivity index (χ2v) is 5.13. The summed E-state index contributed by atoms with van der Waals surface area (Å²) >= 11 is 2.30. The fourth-order valence-corrected chi connectivity index (χ4v) is 2.37. The fourth-order valence-electron chi connectivity index (χ4n) is 2.01. The van der Waals surface area contributed by atoms with Gasteiger partial charge in [0, 0.05) is 15.9 Å². The number of carbonyl (C=O) groups is 1. The first-order valence-corrected chi connectivity index (χ1v) is 6.11. The Bertz CT molecular complexity index is 329. The Morgan fingerprint density at radius 3 is 2.57 bits per heavy atom. The van der Waals surface area contributed by atoms with Crippen LogP contribution in [-0.2, 0) is 11.2 Å². The summed E-state index contributed by atoms with van der Waals surface area (Å²) in [4.78, 5) is 11.4. The van der Waals surface area contributed by atoms with E-state index < -0.39 is 0 Å². The standard InChI is InChI=1S/C12H13IO/c13-11-6-4-9(5-7-11)8-10-2-1-3-12(10)14/h4-7,10H,1-3,8H2. The lowest BCUT2D eigenvalue weighted by atomic mass is 9.97. The Kier molecular flexibility index (Phi) is 3.21. The van der Waals surface area contributed by atoms with Crippen molar-refractivity contribution in [2.75, 3.05) is 0 Å². The molecule has 1 saturated carbocycles. The molecule has 0 bridgehead atoms. The highest BCUT2D eigenvalue weighted by Gasteiger charge is 2.24. The van der Waals surface area contributed by atoms with E-state index in [0.29, 0.717) is 11.7 Å². The summed E-state index contributed by atoms with van der Waals surface area (Å²) in [7, 11) is 0. The van der Waals surface area contributed by atoms with Crippen molar-refractivity contribution in [2.24, 2.45) is 5.92 Å². The number of ketones is 1. The van der Waals surface area contributed by atoms with E-state index in [-0.39, 0.29) is 0 Å². The Labute approximate surface area is 98.0 Å². The molecular weight excluding hydrogens is 287 g/mol. The van der Waals surface area contributed by atoms with Crippen molar-refractivity contribution in [1.29, 1.82) is 0 Å². The molecule has 1 aromatic carbocycles. The highest BCUT2D eigenvalue weighted by Crippen LogP contribution is 2.25. The van der Waals surface area contributed by atoms with Crippen molar-refractivity contribution in [2.45, 2.75) is 25.7 Å². The summed E-state index contributed by atoms with van der Waals surface area (Å²) in [6.45, 7) is 0. The van der Waals surface area contributed by atoms with Crippen LogP contribution in [0.4, 0.5) is 0 Å². The smallest absolute Gasteiger partial charge is 0.136 e. The van der Waals surface area contributed by atoms with Crippen LogP contribution in [0.25, 0.3) is 0 Å². The number of Topliss-reactive ketones (excluding diaryl/α,β-unsaturated/α-hetero) is 1. The van der Waals surface area contributed by atoms with Crippen LogP contribution in [0.1, 0.15) is 24.8 Å². The number of carbonyl (C=O) groups excluding carboxylic acids is 1. The Morgan fingerprint density at radius 1 is 1.29 bits per heavy atom. The predicted octanol–water partition coefficient (Wildman–Crippen LogP) is 3.20. The molecule has 0 radical (unpaired) electrons.